The monoisotopic (exact) mass is 470 g/mol. The number of ether oxygens (including phenoxy) is 1. The minimum Gasteiger partial charge on any atom is -0.420 e. The first-order valence-electron chi connectivity index (χ1n) is 8.82. The molecule has 3 aromatic rings. The number of hydrogen-bond donors (Lipinski definition) is 1. The normalized spacial score (nSPS) is 10.8. The van der Waals surface area contributed by atoms with Gasteiger partial charge in [0.2, 0.25) is 0 Å². The highest BCUT2D eigenvalue weighted by Gasteiger charge is 2.16. The van der Waals surface area contributed by atoms with Crippen LogP contribution in [0.15, 0.2) is 72.3 Å². The molecule has 0 aliphatic carbocycles. The number of benzene rings is 3. The molecule has 0 radical (unpaired) electrons. The summed E-state index contributed by atoms with van der Waals surface area (Å²) in [5.41, 5.74) is 1.03. The molecule has 0 saturated heterocycles. The van der Waals surface area contributed by atoms with E-state index in [1.165, 1.54) is 18.2 Å². The number of nitrogens with zero attached hydrogens (tertiary/aromatic N) is 1. The molecule has 31 heavy (non-hydrogen) atoms. The number of carbonyl (C=O) groups is 2. The van der Waals surface area contributed by atoms with Crippen LogP contribution in [0.2, 0.25) is 15.1 Å². The van der Waals surface area contributed by atoms with Crippen LogP contribution in [0.5, 0.6) is 5.75 Å². The molecule has 0 fully saturated rings. The number of nitriles is 1. The first-order chi connectivity index (χ1) is 14.9. The van der Waals surface area contributed by atoms with Gasteiger partial charge in [-0.15, -0.1) is 0 Å². The van der Waals surface area contributed by atoms with Crippen molar-refractivity contribution in [3.8, 4) is 11.8 Å². The van der Waals surface area contributed by atoms with Gasteiger partial charge in [0.15, 0.2) is 5.75 Å². The summed E-state index contributed by atoms with van der Waals surface area (Å²) < 4.78 is 5.31. The van der Waals surface area contributed by atoms with Crippen LogP contribution in [0.3, 0.4) is 0 Å². The number of anilines is 1. The van der Waals surface area contributed by atoms with E-state index in [1.54, 1.807) is 54.6 Å². The largest absolute Gasteiger partial charge is 0.420 e. The average Bonchev–Trinajstić information content (AvgIpc) is 2.76. The second kappa shape index (κ2) is 10.1. The van der Waals surface area contributed by atoms with E-state index in [-0.39, 0.29) is 21.4 Å². The Balaban J connectivity index is 1.81. The molecule has 0 aliphatic rings. The highest BCUT2D eigenvalue weighted by Crippen LogP contribution is 2.35. The molecule has 0 spiro atoms. The molecule has 0 atom stereocenters. The molecule has 8 heteroatoms. The van der Waals surface area contributed by atoms with Crippen molar-refractivity contribution < 1.29 is 14.3 Å². The SMILES string of the molecule is N#C/C(=C\c1cc(Cl)c(OC(=O)c2ccccc2)c(Cl)c1)C(=O)Nc1ccc(Cl)cc1. The van der Waals surface area contributed by atoms with Crippen LogP contribution in [0.4, 0.5) is 5.69 Å². The molecule has 5 nitrogen and oxygen atoms in total. The zero-order valence-corrected chi connectivity index (χ0v) is 18.0. The minimum absolute atomic E-state index is 0.0153. The highest BCUT2D eigenvalue weighted by molar-refractivity contribution is 6.37. The maximum Gasteiger partial charge on any atom is 0.343 e. The van der Waals surface area contributed by atoms with Crippen molar-refractivity contribution in [3.05, 3.63) is 98.5 Å². The van der Waals surface area contributed by atoms with Gasteiger partial charge in [0.05, 0.1) is 15.6 Å². The quantitative estimate of drug-likeness (QED) is 0.202. The molecule has 0 aliphatic heterocycles. The van der Waals surface area contributed by atoms with Gasteiger partial charge in [0, 0.05) is 10.7 Å². The number of esters is 1. The standard InChI is InChI=1S/C23H13Cl3N2O3/c24-17-6-8-18(9-7-17)28-22(29)16(13-27)10-14-11-19(25)21(20(26)12-14)31-23(30)15-4-2-1-3-5-15/h1-12H,(H,28,29)/b16-10+. The van der Waals surface area contributed by atoms with Gasteiger partial charge in [0.1, 0.15) is 11.6 Å². The van der Waals surface area contributed by atoms with Crippen molar-refractivity contribution in [3.63, 3.8) is 0 Å². The van der Waals surface area contributed by atoms with Crippen molar-refractivity contribution in [2.45, 2.75) is 0 Å². The van der Waals surface area contributed by atoms with E-state index in [0.717, 1.165) is 0 Å². The lowest BCUT2D eigenvalue weighted by atomic mass is 10.1. The van der Waals surface area contributed by atoms with Crippen LogP contribution >= 0.6 is 34.8 Å². The third-order valence-corrected chi connectivity index (χ3v) is 4.82. The van der Waals surface area contributed by atoms with Gasteiger partial charge >= 0.3 is 5.97 Å². The van der Waals surface area contributed by atoms with Gasteiger partial charge in [0.25, 0.3) is 5.91 Å². The topological polar surface area (TPSA) is 79.2 Å². The summed E-state index contributed by atoms with van der Waals surface area (Å²) >= 11 is 18.3. The van der Waals surface area contributed by atoms with E-state index in [1.807, 2.05) is 6.07 Å². The Morgan fingerprint density at radius 1 is 0.935 bits per heavy atom. The Bertz CT molecular complexity index is 1180. The fourth-order valence-electron chi connectivity index (χ4n) is 2.53. The molecule has 0 heterocycles. The zero-order valence-electron chi connectivity index (χ0n) is 15.7. The van der Waals surface area contributed by atoms with Crippen LogP contribution in [0.1, 0.15) is 15.9 Å². The minimum atomic E-state index is -0.618. The number of hydrogen-bond acceptors (Lipinski definition) is 4. The number of amides is 1. The van der Waals surface area contributed by atoms with E-state index in [4.69, 9.17) is 39.5 Å². The number of nitrogens with one attached hydrogen (secondary N) is 1. The maximum atomic E-state index is 12.4. The smallest absolute Gasteiger partial charge is 0.343 e. The Labute approximate surface area is 193 Å². The molecule has 0 unspecified atom stereocenters. The summed E-state index contributed by atoms with van der Waals surface area (Å²) in [4.78, 5) is 24.7. The fraction of sp³-hybridized carbons (Fsp3) is 0. The average molecular weight is 472 g/mol. The van der Waals surface area contributed by atoms with E-state index < -0.39 is 11.9 Å². The van der Waals surface area contributed by atoms with Crippen LogP contribution in [-0.4, -0.2) is 11.9 Å². The second-order valence-electron chi connectivity index (χ2n) is 6.20. The zero-order chi connectivity index (χ0) is 22.4. The van der Waals surface area contributed by atoms with Crippen molar-refractivity contribution in [2.75, 3.05) is 5.32 Å². The summed E-state index contributed by atoms with van der Waals surface area (Å²) in [6, 6.07) is 19.5. The number of rotatable bonds is 5. The first kappa shape index (κ1) is 22.4. The van der Waals surface area contributed by atoms with Crippen LogP contribution in [-0.2, 0) is 4.79 Å². The summed E-state index contributed by atoms with van der Waals surface area (Å²) in [5, 5.41) is 12.6. The highest BCUT2D eigenvalue weighted by atomic mass is 35.5. The van der Waals surface area contributed by atoms with Crippen molar-refractivity contribution in [2.24, 2.45) is 0 Å². The first-order valence-corrected chi connectivity index (χ1v) is 9.96. The third kappa shape index (κ3) is 5.87. The molecule has 0 bridgehead atoms. The molecule has 3 aromatic carbocycles. The predicted octanol–water partition coefficient (Wildman–Crippen LogP) is 6.41. The lowest BCUT2D eigenvalue weighted by molar-refractivity contribution is -0.112. The molecular formula is C23H13Cl3N2O3. The van der Waals surface area contributed by atoms with Gasteiger partial charge in [-0.05, 0) is 60.2 Å². The molecular weight excluding hydrogens is 459 g/mol. The second-order valence-corrected chi connectivity index (χ2v) is 7.45. The fourth-order valence-corrected chi connectivity index (χ4v) is 3.24. The third-order valence-electron chi connectivity index (χ3n) is 4.00. The summed E-state index contributed by atoms with van der Waals surface area (Å²) in [5.74, 6) is -1.25. The van der Waals surface area contributed by atoms with E-state index >= 15 is 0 Å². The lowest BCUT2D eigenvalue weighted by Gasteiger charge is -2.10. The van der Waals surface area contributed by atoms with Crippen LogP contribution < -0.4 is 10.1 Å². The summed E-state index contributed by atoms with van der Waals surface area (Å²) in [7, 11) is 0. The van der Waals surface area contributed by atoms with Gasteiger partial charge in [-0.25, -0.2) is 4.79 Å². The Kier molecular flexibility index (Phi) is 7.32. The van der Waals surface area contributed by atoms with E-state index in [0.29, 0.717) is 21.8 Å². The van der Waals surface area contributed by atoms with Gasteiger partial charge in [-0.3, -0.25) is 4.79 Å². The van der Waals surface area contributed by atoms with Gasteiger partial charge in [-0.1, -0.05) is 53.0 Å². The van der Waals surface area contributed by atoms with Crippen molar-refractivity contribution in [1.29, 1.82) is 5.26 Å². The molecule has 1 N–H and O–H groups in total. The molecule has 0 aromatic heterocycles. The van der Waals surface area contributed by atoms with Crippen molar-refractivity contribution >= 4 is 58.4 Å². The molecule has 0 saturated carbocycles. The van der Waals surface area contributed by atoms with Crippen LogP contribution in [0.25, 0.3) is 6.08 Å². The Hall–Kier alpha value is -3.30. The van der Waals surface area contributed by atoms with Gasteiger partial charge in [-0.2, -0.15) is 5.26 Å². The predicted molar refractivity (Wildman–Crippen MR) is 122 cm³/mol. The van der Waals surface area contributed by atoms with Crippen LogP contribution in [0, 0.1) is 11.3 Å². The maximum absolute atomic E-state index is 12.4. The molecule has 154 valence electrons. The Morgan fingerprint density at radius 3 is 2.13 bits per heavy atom. The van der Waals surface area contributed by atoms with Crippen molar-refractivity contribution in [1.82, 2.24) is 0 Å². The van der Waals surface area contributed by atoms with Gasteiger partial charge < -0.3 is 10.1 Å². The Morgan fingerprint density at radius 2 is 1.55 bits per heavy atom. The molecule has 3 rings (SSSR count). The molecule has 1 amide bonds. The van der Waals surface area contributed by atoms with E-state index in [9.17, 15) is 14.9 Å². The lowest BCUT2D eigenvalue weighted by Crippen LogP contribution is -2.13. The summed E-state index contributed by atoms with van der Waals surface area (Å²) in [6.07, 6.45) is 1.33. The number of halogens is 3. The number of carbonyl (C=O) groups excluding carboxylic acids is 2. The van der Waals surface area contributed by atoms with E-state index in [2.05, 4.69) is 5.32 Å². The summed E-state index contributed by atoms with van der Waals surface area (Å²) in [6.45, 7) is 0.